The molecular formula is C26H31ClN6O2. The van der Waals surface area contributed by atoms with Crippen LogP contribution < -0.4 is 15.8 Å². The zero-order chi connectivity index (χ0) is 24.2. The molecule has 9 heteroatoms. The molecule has 35 heavy (non-hydrogen) atoms. The SMILES string of the molecule is CNC(=O)c1cnc(N2CCN([C@H]3C=C(c4nc5c(c(=O)[nH]4)C4(CCC5)CC4)CC3)CC2)c(Cl)c1. The maximum Gasteiger partial charge on any atom is 0.255 e. The number of carbonyl (C=O) groups excluding carboxylic acids is 1. The second kappa shape index (κ2) is 8.75. The minimum absolute atomic E-state index is 0.0898. The van der Waals surface area contributed by atoms with Gasteiger partial charge in [0.1, 0.15) is 11.6 Å². The summed E-state index contributed by atoms with van der Waals surface area (Å²) in [5, 5.41) is 3.09. The van der Waals surface area contributed by atoms with Crippen LogP contribution in [0.25, 0.3) is 5.57 Å². The quantitative estimate of drug-likeness (QED) is 0.678. The Balaban J connectivity index is 1.13. The second-order valence-corrected chi connectivity index (χ2v) is 10.7. The van der Waals surface area contributed by atoms with E-state index in [1.165, 1.54) is 5.57 Å². The molecule has 1 aliphatic heterocycles. The minimum Gasteiger partial charge on any atom is -0.355 e. The number of hydrogen-bond donors (Lipinski definition) is 2. The van der Waals surface area contributed by atoms with Gasteiger partial charge in [0.25, 0.3) is 11.5 Å². The van der Waals surface area contributed by atoms with Crippen molar-refractivity contribution in [2.75, 3.05) is 38.1 Å². The van der Waals surface area contributed by atoms with Crippen molar-refractivity contribution in [1.29, 1.82) is 0 Å². The number of nitrogens with zero attached hydrogens (tertiary/aromatic N) is 4. The van der Waals surface area contributed by atoms with Crippen LogP contribution in [0.3, 0.4) is 0 Å². The normalized spacial score (nSPS) is 23.2. The van der Waals surface area contributed by atoms with Gasteiger partial charge in [-0.2, -0.15) is 0 Å². The molecule has 2 N–H and O–H groups in total. The van der Waals surface area contributed by atoms with Crippen LogP contribution in [0.1, 0.15) is 66.0 Å². The fourth-order valence-corrected chi connectivity index (χ4v) is 6.44. The van der Waals surface area contributed by atoms with Crippen LogP contribution >= 0.6 is 11.6 Å². The number of allylic oxidation sites excluding steroid dienone is 1. The monoisotopic (exact) mass is 494 g/mol. The summed E-state index contributed by atoms with van der Waals surface area (Å²) in [4.78, 5) is 42.0. The molecule has 2 aromatic rings. The summed E-state index contributed by atoms with van der Waals surface area (Å²) >= 11 is 6.46. The zero-order valence-corrected chi connectivity index (χ0v) is 20.8. The van der Waals surface area contributed by atoms with Crippen LogP contribution in [-0.2, 0) is 11.8 Å². The first-order chi connectivity index (χ1) is 17.0. The molecule has 184 valence electrons. The summed E-state index contributed by atoms with van der Waals surface area (Å²) in [5.74, 6) is 1.31. The minimum atomic E-state index is -0.193. The fourth-order valence-electron chi connectivity index (χ4n) is 6.15. The van der Waals surface area contributed by atoms with E-state index < -0.39 is 0 Å². The van der Waals surface area contributed by atoms with Gasteiger partial charge < -0.3 is 15.2 Å². The van der Waals surface area contributed by atoms with E-state index >= 15 is 0 Å². The molecule has 0 unspecified atom stereocenters. The Bertz CT molecular complexity index is 1260. The van der Waals surface area contributed by atoms with Crippen LogP contribution in [0.15, 0.2) is 23.1 Å². The predicted molar refractivity (Wildman–Crippen MR) is 136 cm³/mol. The Hall–Kier alpha value is -2.71. The van der Waals surface area contributed by atoms with Crippen molar-refractivity contribution in [3.63, 3.8) is 0 Å². The largest absolute Gasteiger partial charge is 0.355 e. The molecule has 1 spiro atoms. The molecule has 8 nitrogen and oxygen atoms in total. The lowest BCUT2D eigenvalue weighted by Gasteiger charge is -2.38. The van der Waals surface area contributed by atoms with Crippen molar-refractivity contribution in [2.45, 2.75) is 56.4 Å². The van der Waals surface area contributed by atoms with Gasteiger partial charge in [-0.1, -0.05) is 17.7 Å². The highest BCUT2D eigenvalue weighted by atomic mass is 35.5. The van der Waals surface area contributed by atoms with Gasteiger partial charge in [0, 0.05) is 56.4 Å². The zero-order valence-electron chi connectivity index (χ0n) is 20.1. The van der Waals surface area contributed by atoms with Gasteiger partial charge in [0.2, 0.25) is 0 Å². The summed E-state index contributed by atoms with van der Waals surface area (Å²) in [6, 6.07) is 2.03. The Morgan fingerprint density at radius 3 is 2.71 bits per heavy atom. The number of aromatic amines is 1. The van der Waals surface area contributed by atoms with Crippen molar-refractivity contribution in [3.05, 3.63) is 56.4 Å². The van der Waals surface area contributed by atoms with Crippen LogP contribution in [-0.4, -0.2) is 65.0 Å². The maximum absolute atomic E-state index is 13.0. The van der Waals surface area contributed by atoms with Crippen LogP contribution in [0, 0.1) is 0 Å². The van der Waals surface area contributed by atoms with Crippen molar-refractivity contribution in [1.82, 2.24) is 25.2 Å². The lowest BCUT2D eigenvalue weighted by atomic mass is 9.83. The van der Waals surface area contributed by atoms with Crippen molar-refractivity contribution >= 4 is 28.9 Å². The van der Waals surface area contributed by atoms with E-state index in [4.69, 9.17) is 16.6 Å². The number of hydrogen-bond acceptors (Lipinski definition) is 6. The number of halogens is 1. The average Bonchev–Trinajstić information content (AvgIpc) is 3.44. The number of fused-ring (bicyclic) bond motifs is 2. The summed E-state index contributed by atoms with van der Waals surface area (Å²) in [5.41, 5.74) is 3.88. The highest BCUT2D eigenvalue weighted by Gasteiger charge is 2.49. The number of pyridine rings is 1. The first-order valence-electron chi connectivity index (χ1n) is 12.7. The number of rotatable bonds is 4. The smallest absolute Gasteiger partial charge is 0.255 e. The summed E-state index contributed by atoms with van der Waals surface area (Å²) < 4.78 is 0. The predicted octanol–water partition coefficient (Wildman–Crippen LogP) is 2.91. The van der Waals surface area contributed by atoms with Gasteiger partial charge >= 0.3 is 0 Å². The summed E-state index contributed by atoms with van der Waals surface area (Å²) in [6.07, 6.45) is 11.3. The summed E-state index contributed by atoms with van der Waals surface area (Å²) in [7, 11) is 1.59. The third-order valence-electron chi connectivity index (χ3n) is 8.25. The number of anilines is 1. The van der Waals surface area contributed by atoms with E-state index in [1.807, 2.05) is 0 Å². The number of aryl methyl sites for hydroxylation is 1. The van der Waals surface area contributed by atoms with Gasteiger partial charge in [-0.05, 0) is 56.6 Å². The lowest BCUT2D eigenvalue weighted by molar-refractivity contribution is 0.0962. The van der Waals surface area contributed by atoms with E-state index in [-0.39, 0.29) is 16.9 Å². The van der Waals surface area contributed by atoms with Crippen molar-refractivity contribution < 1.29 is 4.79 Å². The fraction of sp³-hybridized carbons (Fsp3) is 0.538. The number of aromatic nitrogens is 3. The molecule has 1 amide bonds. The molecule has 2 aromatic heterocycles. The third kappa shape index (κ3) is 4.06. The second-order valence-electron chi connectivity index (χ2n) is 10.3. The molecule has 0 radical (unpaired) electrons. The van der Waals surface area contributed by atoms with Gasteiger partial charge in [0.05, 0.1) is 16.3 Å². The molecule has 0 bridgehead atoms. The number of nitrogens with one attached hydrogen (secondary N) is 2. The first kappa shape index (κ1) is 22.7. The van der Waals surface area contributed by atoms with Crippen LogP contribution in [0.5, 0.6) is 0 Å². The molecule has 1 saturated carbocycles. The molecule has 1 saturated heterocycles. The van der Waals surface area contributed by atoms with Gasteiger partial charge in [0.15, 0.2) is 0 Å². The summed E-state index contributed by atoms with van der Waals surface area (Å²) in [6.45, 7) is 3.45. The first-order valence-corrected chi connectivity index (χ1v) is 13.1. The molecule has 2 fully saturated rings. The Labute approximate surface area is 209 Å². The highest BCUT2D eigenvalue weighted by molar-refractivity contribution is 6.33. The highest BCUT2D eigenvalue weighted by Crippen LogP contribution is 2.53. The Morgan fingerprint density at radius 1 is 1.20 bits per heavy atom. The van der Waals surface area contributed by atoms with E-state index in [0.29, 0.717) is 16.6 Å². The molecule has 0 aromatic carbocycles. The number of carbonyl (C=O) groups is 1. The molecule has 3 aliphatic carbocycles. The lowest BCUT2D eigenvalue weighted by Crippen LogP contribution is -2.49. The number of H-pyrrole nitrogens is 1. The number of amides is 1. The number of piperazine rings is 1. The van der Waals surface area contributed by atoms with E-state index in [9.17, 15) is 9.59 Å². The van der Waals surface area contributed by atoms with Gasteiger partial charge in [-0.25, -0.2) is 9.97 Å². The van der Waals surface area contributed by atoms with E-state index in [1.54, 1.807) is 19.3 Å². The van der Waals surface area contributed by atoms with Crippen LogP contribution in [0.2, 0.25) is 5.02 Å². The molecular weight excluding hydrogens is 464 g/mol. The third-order valence-corrected chi connectivity index (χ3v) is 8.53. The van der Waals surface area contributed by atoms with Gasteiger partial charge in [-0.3, -0.25) is 14.5 Å². The van der Waals surface area contributed by atoms with Crippen molar-refractivity contribution in [2.24, 2.45) is 0 Å². The van der Waals surface area contributed by atoms with Crippen LogP contribution in [0.4, 0.5) is 5.82 Å². The molecule has 1 atom stereocenters. The Morgan fingerprint density at radius 2 is 2.00 bits per heavy atom. The Kier molecular flexibility index (Phi) is 5.68. The van der Waals surface area contributed by atoms with Crippen molar-refractivity contribution in [3.8, 4) is 0 Å². The van der Waals surface area contributed by atoms with E-state index in [2.05, 4.69) is 31.2 Å². The molecule has 4 aliphatic rings. The maximum atomic E-state index is 13.0. The van der Waals surface area contributed by atoms with E-state index in [0.717, 1.165) is 94.0 Å². The molecule has 3 heterocycles. The topological polar surface area (TPSA) is 94.2 Å². The van der Waals surface area contributed by atoms with Gasteiger partial charge in [-0.15, -0.1) is 0 Å². The average molecular weight is 495 g/mol. The standard InChI is InChI=1S/C26H31ClN6O2/c1-28-24(34)17-14-19(27)23(29-15-17)33-11-9-32(10-12-33)18-5-4-16(13-18)22-30-20-3-2-6-26(7-8-26)21(20)25(35)31-22/h13-15,18H,2-12H2,1H3,(H,28,34)(H,30,31,35)/t18-/m1/s1. The molecule has 6 rings (SSSR count).